The van der Waals surface area contributed by atoms with Crippen molar-refractivity contribution >= 4 is 0 Å². The Morgan fingerprint density at radius 3 is 2.76 bits per heavy atom. The smallest absolute Gasteiger partial charge is 0.125 e. The molecule has 1 heterocycles. The van der Waals surface area contributed by atoms with E-state index in [1.807, 2.05) is 13.8 Å². The number of hydrogen-bond donors (Lipinski definition) is 1. The second-order valence-corrected chi connectivity index (χ2v) is 4.26. The Hall–Kier alpha value is -1.68. The minimum atomic E-state index is -0.293. The zero-order valence-corrected chi connectivity index (χ0v) is 9.89. The molecule has 1 aromatic heterocycles. The van der Waals surface area contributed by atoms with E-state index in [0.717, 1.165) is 11.3 Å². The topological polar surface area (TPSA) is 38.1 Å². The highest BCUT2D eigenvalue weighted by Gasteiger charge is 2.14. The van der Waals surface area contributed by atoms with Crippen molar-refractivity contribution in [3.8, 4) is 5.69 Å². The van der Waals surface area contributed by atoms with Gasteiger partial charge in [-0.15, -0.1) is 0 Å². The van der Waals surface area contributed by atoms with Gasteiger partial charge in [-0.05, 0) is 24.1 Å². The Bertz CT molecular complexity index is 520. The van der Waals surface area contributed by atoms with Crippen molar-refractivity contribution in [3.05, 3.63) is 47.5 Å². The second-order valence-electron chi connectivity index (χ2n) is 4.26. The molecule has 0 radical (unpaired) electrons. The molecule has 0 fully saturated rings. The lowest BCUT2D eigenvalue weighted by Crippen LogP contribution is -2.05. The molecule has 0 aliphatic heterocycles. The molecule has 1 N–H and O–H groups in total. The average Bonchev–Trinajstić information content (AvgIpc) is 2.72. The van der Waals surface area contributed by atoms with Gasteiger partial charge in [-0.3, -0.25) is 0 Å². The van der Waals surface area contributed by atoms with Gasteiger partial charge in [0, 0.05) is 5.56 Å². The molecule has 17 heavy (non-hydrogen) atoms. The number of rotatable bonds is 3. The van der Waals surface area contributed by atoms with Crippen LogP contribution < -0.4 is 0 Å². The van der Waals surface area contributed by atoms with Crippen molar-refractivity contribution in [2.75, 3.05) is 0 Å². The number of hydrogen-bond acceptors (Lipinski definition) is 2. The fourth-order valence-corrected chi connectivity index (χ4v) is 1.94. The number of aliphatic hydroxyl groups is 1. The summed E-state index contributed by atoms with van der Waals surface area (Å²) in [6.07, 6.45) is 1.63. The number of aliphatic hydroxyl groups excluding tert-OH is 1. The highest BCUT2D eigenvalue weighted by Crippen LogP contribution is 2.23. The number of aromatic nitrogens is 2. The summed E-state index contributed by atoms with van der Waals surface area (Å²) in [7, 11) is 0. The summed E-state index contributed by atoms with van der Waals surface area (Å²) < 4.78 is 14.9. The van der Waals surface area contributed by atoms with Crippen molar-refractivity contribution < 1.29 is 9.50 Å². The lowest BCUT2D eigenvalue weighted by Gasteiger charge is -2.12. The summed E-state index contributed by atoms with van der Waals surface area (Å²) in [6, 6.07) is 6.27. The molecule has 0 unspecified atom stereocenters. The van der Waals surface area contributed by atoms with Gasteiger partial charge in [0.15, 0.2) is 0 Å². The third-order valence-corrected chi connectivity index (χ3v) is 2.66. The monoisotopic (exact) mass is 234 g/mol. The summed E-state index contributed by atoms with van der Waals surface area (Å²) in [5.41, 5.74) is 2.37. The summed E-state index contributed by atoms with van der Waals surface area (Å²) in [6.45, 7) is 3.99. The van der Waals surface area contributed by atoms with E-state index in [1.54, 1.807) is 23.0 Å². The molecule has 0 bridgehead atoms. The molecule has 0 aliphatic rings. The maximum Gasteiger partial charge on any atom is 0.125 e. The van der Waals surface area contributed by atoms with Gasteiger partial charge in [0.2, 0.25) is 0 Å². The third-order valence-electron chi connectivity index (χ3n) is 2.66. The molecule has 0 aliphatic carbocycles. The van der Waals surface area contributed by atoms with Crippen LogP contribution in [0.5, 0.6) is 0 Å². The summed E-state index contributed by atoms with van der Waals surface area (Å²) in [4.78, 5) is 0. The van der Waals surface area contributed by atoms with Gasteiger partial charge in [-0.2, -0.15) is 5.10 Å². The van der Waals surface area contributed by atoms with Crippen LogP contribution in [0.15, 0.2) is 30.5 Å². The zero-order valence-electron chi connectivity index (χ0n) is 9.89. The van der Waals surface area contributed by atoms with E-state index in [4.69, 9.17) is 0 Å². The lowest BCUT2D eigenvalue weighted by atomic mass is 10.1. The van der Waals surface area contributed by atoms with Gasteiger partial charge in [-0.25, -0.2) is 9.07 Å². The van der Waals surface area contributed by atoms with Crippen LogP contribution in [0, 0.1) is 5.82 Å². The predicted octanol–water partition coefficient (Wildman–Crippen LogP) is 2.63. The van der Waals surface area contributed by atoms with Gasteiger partial charge in [0.1, 0.15) is 5.82 Å². The molecule has 2 aromatic rings. The summed E-state index contributed by atoms with van der Waals surface area (Å²) >= 11 is 0. The second kappa shape index (κ2) is 4.67. The highest BCUT2D eigenvalue weighted by molar-refractivity contribution is 5.36. The SMILES string of the molecule is CC(C)c1c(CO)cnn1-c1cccc(F)c1. The normalized spacial score (nSPS) is 11.1. The standard InChI is InChI=1S/C13H15FN2O/c1-9(2)13-10(8-17)7-15-16(13)12-5-3-4-11(14)6-12/h3-7,9,17H,8H2,1-2H3. The molecule has 0 spiro atoms. The molecule has 4 heteroatoms. The molecule has 0 atom stereocenters. The molecule has 2 rings (SSSR count). The Kier molecular flexibility index (Phi) is 3.24. The van der Waals surface area contributed by atoms with Crippen LogP contribution >= 0.6 is 0 Å². The van der Waals surface area contributed by atoms with E-state index in [1.165, 1.54) is 12.1 Å². The van der Waals surface area contributed by atoms with Crippen molar-refractivity contribution in [1.82, 2.24) is 9.78 Å². The molecular weight excluding hydrogens is 219 g/mol. The first-order valence-corrected chi connectivity index (χ1v) is 5.57. The summed E-state index contributed by atoms with van der Waals surface area (Å²) in [5, 5.41) is 13.5. The van der Waals surface area contributed by atoms with Gasteiger partial charge >= 0.3 is 0 Å². The van der Waals surface area contributed by atoms with E-state index < -0.39 is 0 Å². The highest BCUT2D eigenvalue weighted by atomic mass is 19.1. The summed E-state index contributed by atoms with van der Waals surface area (Å²) in [5.74, 6) is -0.0822. The van der Waals surface area contributed by atoms with Crippen LogP contribution in [-0.4, -0.2) is 14.9 Å². The van der Waals surface area contributed by atoms with Crippen LogP contribution in [0.4, 0.5) is 4.39 Å². The maximum absolute atomic E-state index is 13.2. The third kappa shape index (κ3) is 2.22. The van der Waals surface area contributed by atoms with E-state index in [0.29, 0.717) is 5.69 Å². The van der Waals surface area contributed by atoms with Crippen molar-refractivity contribution in [1.29, 1.82) is 0 Å². The van der Waals surface area contributed by atoms with Gasteiger partial charge in [-0.1, -0.05) is 19.9 Å². The van der Waals surface area contributed by atoms with E-state index in [9.17, 15) is 9.50 Å². The zero-order chi connectivity index (χ0) is 12.4. The quantitative estimate of drug-likeness (QED) is 0.886. The Morgan fingerprint density at radius 2 is 2.18 bits per heavy atom. The first kappa shape index (κ1) is 11.8. The minimum absolute atomic E-state index is 0.0527. The van der Waals surface area contributed by atoms with Gasteiger partial charge in [0.25, 0.3) is 0 Å². The largest absolute Gasteiger partial charge is 0.392 e. The molecule has 0 saturated heterocycles. The minimum Gasteiger partial charge on any atom is -0.392 e. The molecule has 0 amide bonds. The fourth-order valence-electron chi connectivity index (χ4n) is 1.94. The van der Waals surface area contributed by atoms with Crippen LogP contribution in [0.1, 0.15) is 31.0 Å². The Balaban J connectivity index is 2.56. The van der Waals surface area contributed by atoms with E-state index in [-0.39, 0.29) is 18.3 Å². The number of halogens is 1. The predicted molar refractivity (Wildman–Crippen MR) is 63.5 cm³/mol. The fraction of sp³-hybridized carbons (Fsp3) is 0.308. The number of nitrogens with zero attached hydrogens (tertiary/aromatic N) is 2. The van der Waals surface area contributed by atoms with Gasteiger partial charge < -0.3 is 5.11 Å². The number of benzene rings is 1. The first-order valence-electron chi connectivity index (χ1n) is 5.57. The van der Waals surface area contributed by atoms with Crippen LogP contribution in [0.2, 0.25) is 0 Å². The lowest BCUT2D eigenvalue weighted by molar-refractivity contribution is 0.280. The van der Waals surface area contributed by atoms with Crippen molar-refractivity contribution in [2.45, 2.75) is 26.4 Å². The van der Waals surface area contributed by atoms with Crippen LogP contribution in [-0.2, 0) is 6.61 Å². The first-order chi connectivity index (χ1) is 8.13. The van der Waals surface area contributed by atoms with E-state index >= 15 is 0 Å². The Morgan fingerprint density at radius 1 is 1.41 bits per heavy atom. The van der Waals surface area contributed by atoms with E-state index in [2.05, 4.69) is 5.10 Å². The van der Waals surface area contributed by atoms with Crippen molar-refractivity contribution in [3.63, 3.8) is 0 Å². The van der Waals surface area contributed by atoms with Crippen molar-refractivity contribution in [2.24, 2.45) is 0 Å². The average molecular weight is 234 g/mol. The van der Waals surface area contributed by atoms with Gasteiger partial charge in [0.05, 0.1) is 24.2 Å². The molecule has 90 valence electrons. The molecule has 3 nitrogen and oxygen atoms in total. The molecular formula is C13H15FN2O. The van der Waals surface area contributed by atoms with Crippen LogP contribution in [0.3, 0.4) is 0 Å². The van der Waals surface area contributed by atoms with Crippen LogP contribution in [0.25, 0.3) is 5.69 Å². The molecule has 0 saturated carbocycles. The molecule has 1 aromatic carbocycles. The maximum atomic E-state index is 13.2. The Labute approximate surface area is 99.5 Å².